The van der Waals surface area contributed by atoms with Gasteiger partial charge >= 0.3 is 0 Å². The second-order valence-electron chi connectivity index (χ2n) is 6.59. The van der Waals surface area contributed by atoms with E-state index in [2.05, 4.69) is 39.5 Å². The quantitative estimate of drug-likeness (QED) is 0.376. The van der Waals surface area contributed by atoms with Crippen LogP contribution in [-0.4, -0.2) is 40.1 Å². The second kappa shape index (κ2) is 11.7. The summed E-state index contributed by atoms with van der Waals surface area (Å²) in [4.78, 5) is 18.0. The number of hydrogen-bond donors (Lipinski definition) is 3. The number of nitrogens with one attached hydrogen (secondary N) is 2. The van der Waals surface area contributed by atoms with Crippen molar-refractivity contribution in [3.05, 3.63) is 65.4 Å². The molecule has 6 nitrogen and oxygen atoms in total. The number of pyridine rings is 1. The van der Waals surface area contributed by atoms with Gasteiger partial charge in [0.2, 0.25) is 0 Å². The Bertz CT molecular complexity index is 787. The number of aryl methyl sites for hydroxylation is 1. The van der Waals surface area contributed by atoms with E-state index in [4.69, 9.17) is 5.21 Å². The molecule has 0 spiro atoms. The average molecular weight is 425 g/mol. The van der Waals surface area contributed by atoms with Gasteiger partial charge in [0.05, 0.1) is 0 Å². The van der Waals surface area contributed by atoms with Crippen molar-refractivity contribution in [2.45, 2.75) is 25.9 Å². The van der Waals surface area contributed by atoms with Crippen LogP contribution in [0.5, 0.6) is 0 Å². The molecule has 1 amide bonds. The van der Waals surface area contributed by atoms with Crippen LogP contribution in [0.4, 0.5) is 5.82 Å². The molecule has 2 aromatic rings. The Morgan fingerprint density at radius 1 is 1.32 bits per heavy atom. The number of rotatable bonds is 6. The van der Waals surface area contributed by atoms with Crippen LogP contribution in [0, 0.1) is 6.92 Å². The van der Waals surface area contributed by atoms with Crippen LogP contribution in [0.15, 0.2) is 48.7 Å². The molecular formula is C20H26Cl2N4O2. The van der Waals surface area contributed by atoms with Gasteiger partial charge in [0.15, 0.2) is 0 Å². The molecule has 0 saturated carbocycles. The first kappa shape index (κ1) is 23.9. The van der Waals surface area contributed by atoms with Crippen molar-refractivity contribution in [2.24, 2.45) is 0 Å². The van der Waals surface area contributed by atoms with Gasteiger partial charge in [-0.1, -0.05) is 30.3 Å². The van der Waals surface area contributed by atoms with E-state index in [1.54, 1.807) is 17.8 Å². The van der Waals surface area contributed by atoms with Gasteiger partial charge in [-0.15, -0.1) is 24.8 Å². The lowest BCUT2D eigenvalue weighted by molar-refractivity contribution is -0.124. The molecule has 152 valence electrons. The zero-order chi connectivity index (χ0) is 18.4. The third kappa shape index (κ3) is 6.80. The van der Waals surface area contributed by atoms with Gasteiger partial charge in [-0.3, -0.25) is 14.9 Å². The number of hydroxylamine groups is 1. The minimum Gasteiger partial charge on any atom is -0.366 e. The van der Waals surface area contributed by atoms with Crippen molar-refractivity contribution >= 4 is 42.6 Å². The van der Waals surface area contributed by atoms with Crippen LogP contribution in [0.25, 0.3) is 6.08 Å². The smallest absolute Gasteiger partial charge is 0.267 e. The number of halogens is 2. The van der Waals surface area contributed by atoms with E-state index in [0.29, 0.717) is 6.04 Å². The lowest BCUT2D eigenvalue weighted by Crippen LogP contribution is -2.26. The lowest BCUT2D eigenvalue weighted by Gasteiger charge is -2.18. The molecule has 28 heavy (non-hydrogen) atoms. The van der Waals surface area contributed by atoms with Gasteiger partial charge in [-0.25, -0.2) is 10.5 Å². The van der Waals surface area contributed by atoms with Crippen molar-refractivity contribution in [3.8, 4) is 0 Å². The minimum absolute atomic E-state index is 0. The first-order valence-corrected chi connectivity index (χ1v) is 8.75. The van der Waals surface area contributed by atoms with E-state index in [-0.39, 0.29) is 24.8 Å². The summed E-state index contributed by atoms with van der Waals surface area (Å²) < 4.78 is 0. The summed E-state index contributed by atoms with van der Waals surface area (Å²) in [6.07, 6.45) is 5.69. The summed E-state index contributed by atoms with van der Waals surface area (Å²) in [5.74, 6) is 0.314. The number of carbonyl (C=O) groups is 1. The first-order valence-electron chi connectivity index (χ1n) is 8.75. The first-order chi connectivity index (χ1) is 12.6. The largest absolute Gasteiger partial charge is 0.366 e. The van der Waals surface area contributed by atoms with Crippen molar-refractivity contribution in [1.82, 2.24) is 15.4 Å². The third-order valence-corrected chi connectivity index (χ3v) is 4.50. The van der Waals surface area contributed by atoms with E-state index in [1.807, 2.05) is 19.1 Å². The van der Waals surface area contributed by atoms with E-state index in [9.17, 15) is 4.79 Å². The van der Waals surface area contributed by atoms with Crippen LogP contribution in [0.2, 0.25) is 0 Å². The Morgan fingerprint density at radius 3 is 2.75 bits per heavy atom. The molecule has 1 saturated heterocycles. The maximum absolute atomic E-state index is 11.0. The van der Waals surface area contributed by atoms with Crippen LogP contribution < -0.4 is 10.8 Å². The molecule has 2 heterocycles. The molecule has 3 rings (SSSR count). The maximum Gasteiger partial charge on any atom is 0.267 e. The maximum atomic E-state index is 11.0. The molecular weight excluding hydrogens is 399 g/mol. The van der Waals surface area contributed by atoms with E-state index in [0.717, 1.165) is 43.0 Å². The molecule has 1 aliphatic heterocycles. The van der Waals surface area contributed by atoms with Crippen LogP contribution in [-0.2, 0) is 11.3 Å². The topological polar surface area (TPSA) is 77.5 Å². The Labute approximate surface area is 177 Å². The highest BCUT2D eigenvalue weighted by molar-refractivity contribution is 5.90. The summed E-state index contributed by atoms with van der Waals surface area (Å²) in [5, 5.41) is 12.0. The van der Waals surface area contributed by atoms with Gasteiger partial charge in [0.1, 0.15) is 5.82 Å². The molecule has 0 unspecified atom stereocenters. The number of anilines is 1. The number of nitrogens with zero attached hydrogens (tertiary/aromatic N) is 2. The molecule has 0 bridgehead atoms. The van der Waals surface area contributed by atoms with Crippen LogP contribution in [0.3, 0.4) is 0 Å². The molecule has 1 aromatic heterocycles. The highest BCUT2D eigenvalue weighted by Gasteiger charge is 2.23. The second-order valence-corrected chi connectivity index (χ2v) is 6.59. The highest BCUT2D eigenvalue weighted by Crippen LogP contribution is 2.20. The van der Waals surface area contributed by atoms with Gasteiger partial charge < -0.3 is 5.32 Å². The molecule has 0 radical (unpaired) electrons. The predicted octanol–water partition coefficient (Wildman–Crippen LogP) is 3.44. The fourth-order valence-corrected chi connectivity index (χ4v) is 3.18. The number of amides is 1. The molecule has 1 atom stereocenters. The van der Waals surface area contributed by atoms with E-state index in [1.165, 1.54) is 11.6 Å². The van der Waals surface area contributed by atoms with Gasteiger partial charge in [-0.2, -0.15) is 0 Å². The average Bonchev–Trinajstić information content (AvgIpc) is 3.09. The molecule has 8 heteroatoms. The fraction of sp³-hybridized carbons (Fsp3) is 0.300. The standard InChI is InChI=1S/C20H24N4O2.2ClH/c1-15-11-17(7-8-19(25)23-26)12-21-20(15)22-18-9-10-24(14-18)13-16-5-3-2-4-6-16;;/h2-8,11-12,18,26H,9-10,13-14H2,1H3,(H,21,22)(H,23,25);2*1H/b8-7+;;/t18-;;/m1../s1. The van der Waals surface area contributed by atoms with Crippen molar-refractivity contribution in [2.75, 3.05) is 18.4 Å². The number of carbonyl (C=O) groups excluding carboxylic acids is 1. The molecule has 3 N–H and O–H groups in total. The molecule has 1 fully saturated rings. The SMILES string of the molecule is Cc1cc(/C=C/C(=O)NO)cnc1N[C@@H]1CCN(Cc2ccccc2)C1.Cl.Cl. The number of aromatic nitrogens is 1. The van der Waals surface area contributed by atoms with Crippen molar-refractivity contribution in [1.29, 1.82) is 0 Å². The highest BCUT2D eigenvalue weighted by atomic mass is 35.5. The van der Waals surface area contributed by atoms with Gasteiger partial charge in [0, 0.05) is 37.9 Å². The van der Waals surface area contributed by atoms with E-state index >= 15 is 0 Å². The summed E-state index contributed by atoms with van der Waals surface area (Å²) >= 11 is 0. The van der Waals surface area contributed by atoms with Crippen LogP contribution in [0.1, 0.15) is 23.1 Å². The summed E-state index contributed by atoms with van der Waals surface area (Å²) in [7, 11) is 0. The normalized spacial score (nSPS) is 16.3. The summed E-state index contributed by atoms with van der Waals surface area (Å²) in [5.41, 5.74) is 4.75. The van der Waals surface area contributed by atoms with Crippen LogP contribution >= 0.6 is 24.8 Å². The van der Waals surface area contributed by atoms with E-state index < -0.39 is 5.91 Å². The molecule has 0 aliphatic carbocycles. The van der Waals surface area contributed by atoms with Gasteiger partial charge in [-0.05, 0) is 42.2 Å². The zero-order valence-electron chi connectivity index (χ0n) is 15.7. The minimum atomic E-state index is -0.561. The van der Waals surface area contributed by atoms with Crippen molar-refractivity contribution < 1.29 is 10.0 Å². The Balaban J connectivity index is 0.00000196. The molecule has 1 aromatic carbocycles. The Morgan fingerprint density at radius 2 is 2.07 bits per heavy atom. The lowest BCUT2D eigenvalue weighted by atomic mass is 10.1. The van der Waals surface area contributed by atoms with Gasteiger partial charge in [0.25, 0.3) is 5.91 Å². The number of benzene rings is 1. The number of hydrogen-bond acceptors (Lipinski definition) is 5. The van der Waals surface area contributed by atoms with Crippen molar-refractivity contribution in [3.63, 3.8) is 0 Å². The summed E-state index contributed by atoms with van der Waals surface area (Å²) in [6.45, 7) is 5.04. The Hall–Kier alpha value is -2.12. The molecule has 1 aliphatic rings. The third-order valence-electron chi connectivity index (χ3n) is 4.50. The monoisotopic (exact) mass is 424 g/mol. The zero-order valence-corrected chi connectivity index (χ0v) is 17.3. The number of likely N-dealkylation sites (tertiary alicyclic amines) is 1. The summed E-state index contributed by atoms with van der Waals surface area (Å²) in [6, 6.07) is 12.9. The Kier molecular flexibility index (Phi) is 9.96. The predicted molar refractivity (Wildman–Crippen MR) is 116 cm³/mol. The fourth-order valence-electron chi connectivity index (χ4n) is 3.18.